The number of rotatable bonds is 4. The van der Waals surface area contributed by atoms with E-state index in [0.29, 0.717) is 11.2 Å². The molecule has 4 heterocycles. The van der Waals surface area contributed by atoms with Gasteiger partial charge in [-0.3, -0.25) is 10.4 Å². The van der Waals surface area contributed by atoms with Gasteiger partial charge in [-0.05, 0) is 66.7 Å². The molecule has 0 spiro atoms. The van der Waals surface area contributed by atoms with Crippen molar-refractivity contribution < 1.29 is 0 Å². The highest BCUT2D eigenvalue weighted by Crippen LogP contribution is 2.39. The Labute approximate surface area is 292 Å². The molecule has 0 saturated carbocycles. The largest absolute Gasteiger partial charge is 0.323 e. The molecule has 240 valence electrons. The Bertz CT molecular complexity index is 3020. The first-order chi connectivity index (χ1) is 25.2. The monoisotopic (exact) mass is 655 g/mol. The molecule has 0 bridgehead atoms. The number of pyridine rings is 1. The van der Waals surface area contributed by atoms with Crippen LogP contribution in [0.2, 0.25) is 0 Å². The van der Waals surface area contributed by atoms with E-state index in [1.54, 1.807) is 0 Å². The standard InChI is InChI=1S/C44H29N7/c45-43(49-44-47-37-15-7-4-14-34(37)42(48-44)28-10-2-1-3-11-28)29-18-20-30(21-19-29)50-38-16-8-5-12-32(38)35-27-41-36(26-40(35)50)33-13-6-9-17-39(33)51(41)31-22-24-46-25-23-31/h1-27H,(H2,45,47,48,49). The first-order valence-electron chi connectivity index (χ1n) is 16.9. The Hall–Kier alpha value is -7.12. The smallest absolute Gasteiger partial charge is 0.229 e. The van der Waals surface area contributed by atoms with E-state index in [1.807, 2.05) is 79.1 Å². The molecule has 10 aromatic rings. The molecule has 0 radical (unpaired) electrons. The van der Waals surface area contributed by atoms with E-state index >= 15 is 0 Å². The van der Waals surface area contributed by atoms with Gasteiger partial charge in [0.1, 0.15) is 0 Å². The maximum Gasteiger partial charge on any atom is 0.229 e. The van der Waals surface area contributed by atoms with Crippen molar-refractivity contribution in [3.05, 3.63) is 175 Å². The van der Waals surface area contributed by atoms with Crippen LogP contribution in [0, 0.1) is 5.41 Å². The van der Waals surface area contributed by atoms with Crippen molar-refractivity contribution in [2.45, 2.75) is 0 Å². The van der Waals surface area contributed by atoms with Crippen LogP contribution < -0.4 is 5.62 Å². The van der Waals surface area contributed by atoms with Crippen LogP contribution in [0.4, 0.5) is 0 Å². The highest BCUT2D eigenvalue weighted by molar-refractivity contribution is 6.19. The molecule has 0 aliphatic carbocycles. The highest BCUT2D eigenvalue weighted by atomic mass is 15.0. The van der Waals surface area contributed by atoms with Crippen LogP contribution in [0.5, 0.6) is 0 Å². The number of hydrogen-bond acceptors (Lipinski definition) is 3. The van der Waals surface area contributed by atoms with Gasteiger partial charge in [-0.25, -0.2) is 4.98 Å². The van der Waals surface area contributed by atoms with E-state index in [2.05, 4.69) is 109 Å². The molecule has 0 aliphatic rings. The number of nitrogens with one attached hydrogen (secondary N) is 2. The molecule has 0 atom stereocenters. The van der Waals surface area contributed by atoms with E-state index in [9.17, 15) is 0 Å². The molecule has 0 amide bonds. The number of para-hydroxylation sites is 3. The minimum absolute atomic E-state index is 0.132. The fourth-order valence-electron chi connectivity index (χ4n) is 7.40. The van der Waals surface area contributed by atoms with Crippen molar-refractivity contribution in [2.75, 3.05) is 0 Å². The molecule has 7 nitrogen and oxygen atoms in total. The minimum atomic E-state index is 0.132. The Balaban J connectivity index is 1.10. The summed E-state index contributed by atoms with van der Waals surface area (Å²) in [6, 6.07) is 52.1. The van der Waals surface area contributed by atoms with Crippen LogP contribution in [0.3, 0.4) is 0 Å². The lowest BCUT2D eigenvalue weighted by Gasteiger charge is -2.10. The van der Waals surface area contributed by atoms with Gasteiger partial charge in [0.05, 0.1) is 33.3 Å². The fraction of sp³-hybridized carbons (Fsp3) is 0. The number of H-pyrrole nitrogens is 1. The van der Waals surface area contributed by atoms with Crippen molar-refractivity contribution >= 4 is 60.4 Å². The maximum absolute atomic E-state index is 8.96. The van der Waals surface area contributed by atoms with Gasteiger partial charge < -0.3 is 14.1 Å². The van der Waals surface area contributed by atoms with Crippen molar-refractivity contribution in [1.82, 2.24) is 24.1 Å². The summed E-state index contributed by atoms with van der Waals surface area (Å²) in [5, 5.41) is 14.7. The number of nitrogens with zero attached hydrogens (tertiary/aromatic N) is 5. The van der Waals surface area contributed by atoms with E-state index in [1.165, 1.54) is 21.5 Å². The number of benzene rings is 6. The van der Waals surface area contributed by atoms with Gasteiger partial charge in [0.25, 0.3) is 0 Å². The Kier molecular flexibility index (Phi) is 6.50. The summed E-state index contributed by atoms with van der Waals surface area (Å²) in [6.07, 6.45) is 3.69. The molecule has 4 aromatic heterocycles. The molecule has 6 aromatic carbocycles. The second-order valence-corrected chi connectivity index (χ2v) is 12.6. The van der Waals surface area contributed by atoms with Gasteiger partial charge in [-0.1, -0.05) is 84.9 Å². The molecular formula is C44H29N7. The molecule has 2 N–H and O–H groups in total. The Morgan fingerprint density at radius 3 is 1.73 bits per heavy atom. The van der Waals surface area contributed by atoms with E-state index < -0.39 is 0 Å². The minimum Gasteiger partial charge on any atom is -0.323 e. The first-order valence-corrected chi connectivity index (χ1v) is 16.9. The zero-order valence-corrected chi connectivity index (χ0v) is 27.3. The van der Waals surface area contributed by atoms with Crippen molar-refractivity contribution in [2.24, 2.45) is 4.99 Å². The number of hydrogen-bond donors (Lipinski definition) is 2. The average Bonchev–Trinajstić information content (AvgIpc) is 3.69. The second-order valence-electron chi connectivity index (χ2n) is 12.6. The van der Waals surface area contributed by atoms with Gasteiger partial charge in [-0.2, -0.15) is 4.99 Å². The molecule has 0 aliphatic heterocycles. The van der Waals surface area contributed by atoms with Crippen molar-refractivity contribution in [1.29, 1.82) is 5.41 Å². The van der Waals surface area contributed by atoms with Crippen LogP contribution in [0.25, 0.3) is 77.1 Å². The summed E-state index contributed by atoms with van der Waals surface area (Å²) >= 11 is 0. The zero-order chi connectivity index (χ0) is 33.9. The van der Waals surface area contributed by atoms with Crippen LogP contribution in [-0.2, 0) is 0 Å². The summed E-state index contributed by atoms with van der Waals surface area (Å²) in [4.78, 5) is 17.1. The number of fused-ring (bicyclic) bond motifs is 7. The predicted octanol–water partition coefficient (Wildman–Crippen LogP) is 9.75. The topological polar surface area (TPSA) is 87.6 Å². The molecule has 51 heavy (non-hydrogen) atoms. The molecule has 10 rings (SSSR count). The van der Waals surface area contributed by atoms with Gasteiger partial charge in [0, 0.05) is 61.8 Å². The lowest BCUT2D eigenvalue weighted by atomic mass is 10.1. The first kappa shape index (κ1) is 28.9. The normalized spacial score (nSPS) is 12.1. The number of aromatic amines is 1. The van der Waals surface area contributed by atoms with Gasteiger partial charge in [-0.15, -0.1) is 0 Å². The molecule has 0 unspecified atom stereocenters. The third-order valence-corrected chi connectivity index (χ3v) is 9.70. The summed E-state index contributed by atoms with van der Waals surface area (Å²) in [7, 11) is 0. The quantitative estimate of drug-likeness (QED) is 0.146. The Morgan fingerprint density at radius 1 is 0.529 bits per heavy atom. The van der Waals surface area contributed by atoms with Crippen molar-refractivity contribution in [3.8, 4) is 22.6 Å². The lowest BCUT2D eigenvalue weighted by molar-refractivity contribution is 1.05. The zero-order valence-electron chi connectivity index (χ0n) is 27.3. The van der Waals surface area contributed by atoms with Crippen LogP contribution in [0.15, 0.2) is 169 Å². The predicted molar refractivity (Wildman–Crippen MR) is 207 cm³/mol. The van der Waals surface area contributed by atoms with Gasteiger partial charge >= 0.3 is 0 Å². The number of amidine groups is 1. The number of aromatic nitrogens is 5. The summed E-state index contributed by atoms with van der Waals surface area (Å²) in [5.74, 6) is 0.132. The molecular weight excluding hydrogens is 627 g/mol. The second kappa shape index (κ2) is 11.5. The third kappa shape index (κ3) is 4.67. The van der Waals surface area contributed by atoms with E-state index in [-0.39, 0.29) is 5.84 Å². The van der Waals surface area contributed by atoms with Gasteiger partial charge in [0.15, 0.2) is 5.84 Å². The SMILES string of the molecule is N=C(/N=c1/nc(-c2ccccc2)c2ccccc2[nH]1)c1ccc(-n2c3ccccc3c3cc4c(cc32)c2ccccc2n4-c2ccncc2)cc1. The molecule has 0 fully saturated rings. The fourth-order valence-corrected chi connectivity index (χ4v) is 7.40. The summed E-state index contributed by atoms with van der Waals surface area (Å²) in [6.45, 7) is 0. The Morgan fingerprint density at radius 2 is 1.08 bits per heavy atom. The van der Waals surface area contributed by atoms with Crippen molar-refractivity contribution in [3.63, 3.8) is 0 Å². The van der Waals surface area contributed by atoms with E-state index in [4.69, 9.17) is 10.4 Å². The third-order valence-electron chi connectivity index (χ3n) is 9.70. The summed E-state index contributed by atoms with van der Waals surface area (Å²) in [5.41, 5.74) is 10.5. The maximum atomic E-state index is 8.96. The van der Waals surface area contributed by atoms with E-state index in [0.717, 1.165) is 55.6 Å². The molecule has 7 heteroatoms. The average molecular weight is 656 g/mol. The molecule has 0 saturated heterocycles. The highest BCUT2D eigenvalue weighted by Gasteiger charge is 2.18. The summed E-state index contributed by atoms with van der Waals surface area (Å²) < 4.78 is 4.64. The van der Waals surface area contributed by atoms with Crippen LogP contribution in [0.1, 0.15) is 5.56 Å². The van der Waals surface area contributed by atoms with Gasteiger partial charge in [0.2, 0.25) is 5.62 Å². The lowest BCUT2D eigenvalue weighted by Crippen LogP contribution is -2.17. The van der Waals surface area contributed by atoms with Crippen LogP contribution >= 0.6 is 0 Å². The van der Waals surface area contributed by atoms with Crippen LogP contribution in [-0.4, -0.2) is 29.9 Å².